The van der Waals surface area contributed by atoms with Crippen LogP contribution in [0.15, 0.2) is 36.4 Å². The number of anilines is 1. The van der Waals surface area contributed by atoms with Crippen molar-refractivity contribution in [1.82, 2.24) is 16.2 Å². The molecule has 0 aliphatic heterocycles. The number of benzene rings is 2. The van der Waals surface area contributed by atoms with Crippen molar-refractivity contribution in [3.8, 4) is 0 Å². The second-order valence-corrected chi connectivity index (χ2v) is 10.1. The summed E-state index contributed by atoms with van der Waals surface area (Å²) in [4.78, 5) is 36.5. The summed E-state index contributed by atoms with van der Waals surface area (Å²) in [6.45, 7) is -1.59. The monoisotopic (exact) mass is 590 g/mol. The van der Waals surface area contributed by atoms with E-state index in [9.17, 15) is 27.6 Å². The van der Waals surface area contributed by atoms with Gasteiger partial charge in [0.05, 0.1) is 16.5 Å². The molecule has 0 radical (unpaired) electrons. The highest BCUT2D eigenvalue weighted by molar-refractivity contribution is 6.53. The molecule has 15 heteroatoms. The Kier molecular flexibility index (Phi) is 8.23. The molecule has 2 aromatic rings. The first-order valence-electron chi connectivity index (χ1n) is 9.54. The van der Waals surface area contributed by atoms with Crippen LogP contribution in [0.3, 0.4) is 0 Å². The first-order valence-corrected chi connectivity index (χ1v) is 11.4. The van der Waals surface area contributed by atoms with E-state index in [2.05, 4.69) is 5.32 Å². The molecular weight excluding hydrogens is 579 g/mol. The molecule has 0 bridgehead atoms. The van der Waals surface area contributed by atoms with Crippen LogP contribution in [-0.2, 0) is 4.79 Å². The Balaban J connectivity index is 1.66. The summed E-state index contributed by atoms with van der Waals surface area (Å²) >= 11 is 30.7. The minimum atomic E-state index is -4.62. The van der Waals surface area contributed by atoms with E-state index in [0.717, 1.165) is 0 Å². The number of urea groups is 1. The van der Waals surface area contributed by atoms with Gasteiger partial charge in [0.2, 0.25) is 5.91 Å². The van der Waals surface area contributed by atoms with Crippen molar-refractivity contribution in [2.75, 3.05) is 11.9 Å². The van der Waals surface area contributed by atoms with E-state index in [4.69, 9.17) is 58.0 Å². The maximum atomic E-state index is 12.8. The lowest BCUT2D eigenvalue weighted by Gasteiger charge is -2.12. The van der Waals surface area contributed by atoms with E-state index in [1.54, 1.807) is 17.6 Å². The fourth-order valence-electron chi connectivity index (χ4n) is 3.23. The zero-order chi connectivity index (χ0) is 26.1. The van der Waals surface area contributed by atoms with Crippen LogP contribution in [0.4, 0.5) is 23.7 Å². The van der Waals surface area contributed by atoms with Gasteiger partial charge < -0.3 is 10.6 Å². The smallest absolute Gasteiger partial charge is 0.328 e. The molecule has 1 fully saturated rings. The average molecular weight is 593 g/mol. The van der Waals surface area contributed by atoms with Crippen LogP contribution in [0.1, 0.15) is 21.8 Å². The van der Waals surface area contributed by atoms with E-state index >= 15 is 0 Å². The number of alkyl halides is 5. The third kappa shape index (κ3) is 6.98. The second kappa shape index (κ2) is 10.5. The molecule has 1 aliphatic carbocycles. The molecule has 1 aliphatic rings. The summed E-state index contributed by atoms with van der Waals surface area (Å²) in [6.07, 6.45) is -4.62. The van der Waals surface area contributed by atoms with Crippen molar-refractivity contribution in [2.24, 2.45) is 5.92 Å². The maximum Gasteiger partial charge on any atom is 0.405 e. The Labute approximate surface area is 221 Å². The summed E-state index contributed by atoms with van der Waals surface area (Å²) in [5.74, 6) is -2.98. The third-order valence-electron chi connectivity index (χ3n) is 4.80. The highest BCUT2D eigenvalue weighted by atomic mass is 35.5. The van der Waals surface area contributed by atoms with Crippen molar-refractivity contribution in [3.63, 3.8) is 0 Å². The maximum absolute atomic E-state index is 12.8. The number of carbonyl (C=O) groups is 3. The van der Waals surface area contributed by atoms with E-state index in [0.29, 0.717) is 15.6 Å². The van der Waals surface area contributed by atoms with Crippen molar-refractivity contribution >= 4 is 81.5 Å². The molecule has 0 aromatic heterocycles. The molecule has 0 spiro atoms. The van der Waals surface area contributed by atoms with Crippen LogP contribution in [0, 0.1) is 5.92 Å². The number of halogens is 8. The molecule has 2 aromatic carbocycles. The fraction of sp³-hybridized carbons (Fsp3) is 0.250. The minimum absolute atomic E-state index is 0.0556. The first kappa shape index (κ1) is 27.5. The third-order valence-corrected chi connectivity index (χ3v) is 6.50. The van der Waals surface area contributed by atoms with Gasteiger partial charge >= 0.3 is 12.2 Å². The Hall–Kier alpha value is -2.11. The lowest BCUT2D eigenvalue weighted by Crippen LogP contribution is -2.49. The summed E-state index contributed by atoms with van der Waals surface area (Å²) in [5, 5.41) is 4.72. The number of nitrogens with one attached hydrogen (secondary N) is 4. The molecule has 1 saturated carbocycles. The van der Waals surface area contributed by atoms with Crippen LogP contribution >= 0.6 is 58.0 Å². The average Bonchev–Trinajstić information content (AvgIpc) is 3.32. The van der Waals surface area contributed by atoms with Gasteiger partial charge in [-0.2, -0.15) is 13.2 Å². The minimum Gasteiger partial charge on any atom is -0.328 e. The predicted octanol–water partition coefficient (Wildman–Crippen LogP) is 5.68. The van der Waals surface area contributed by atoms with Crippen molar-refractivity contribution in [2.45, 2.75) is 16.4 Å². The number of hydrazine groups is 1. The summed E-state index contributed by atoms with van der Waals surface area (Å²) in [7, 11) is 0. The number of carbonyl (C=O) groups excluding carboxylic acids is 3. The first-order chi connectivity index (χ1) is 16.2. The van der Waals surface area contributed by atoms with Gasteiger partial charge in [-0.15, -0.1) is 23.2 Å². The Morgan fingerprint density at radius 3 is 2.17 bits per heavy atom. The normalized spacial score (nSPS) is 18.4. The largest absolute Gasteiger partial charge is 0.405 e. The van der Waals surface area contributed by atoms with Crippen molar-refractivity contribution in [3.05, 3.63) is 62.6 Å². The summed E-state index contributed by atoms with van der Waals surface area (Å²) in [5.41, 5.74) is 4.20. The van der Waals surface area contributed by atoms with Gasteiger partial charge in [0.1, 0.15) is 10.9 Å². The second-order valence-electron chi connectivity index (χ2n) is 7.39. The summed E-state index contributed by atoms with van der Waals surface area (Å²) in [6, 6.07) is 7.30. The number of hydrogen-bond donors (Lipinski definition) is 4. The SMILES string of the molecule is O=C(NCC(F)(F)F)NNC(=O)c1cc(NC(=O)C2C(c3cc(Cl)cc(Cl)c3)C2(Cl)Cl)ccc1Cl. The van der Waals surface area contributed by atoms with Gasteiger partial charge in [-0.05, 0) is 42.0 Å². The fourth-order valence-corrected chi connectivity index (χ4v) is 4.80. The lowest BCUT2D eigenvalue weighted by molar-refractivity contribution is -0.122. The van der Waals surface area contributed by atoms with E-state index < -0.39 is 46.7 Å². The molecule has 188 valence electrons. The van der Waals surface area contributed by atoms with E-state index in [-0.39, 0.29) is 16.3 Å². The standard InChI is InChI=1S/C20H14Cl5F3N4O3/c21-9-3-8(4-10(22)5-9)14-15(20(14,24)25)17(34)30-11-1-2-13(23)12(6-11)16(33)31-32-18(35)29-7-19(26,27)28/h1-6,14-15H,7H2,(H,30,34)(H,31,33)(H2,29,32,35). The molecular formula is C20H14Cl5F3N4O3. The van der Waals surface area contributed by atoms with Gasteiger partial charge in [0, 0.05) is 21.7 Å². The molecule has 35 heavy (non-hydrogen) atoms. The number of amides is 4. The highest BCUT2D eigenvalue weighted by Crippen LogP contribution is 2.65. The van der Waals surface area contributed by atoms with E-state index in [1.807, 2.05) is 5.43 Å². The Morgan fingerprint density at radius 1 is 0.943 bits per heavy atom. The van der Waals surface area contributed by atoms with Crippen LogP contribution in [0.25, 0.3) is 0 Å². The molecule has 0 saturated heterocycles. The van der Waals surface area contributed by atoms with Crippen LogP contribution in [-0.4, -0.2) is 34.9 Å². The van der Waals surface area contributed by atoms with Gasteiger partial charge in [-0.1, -0.05) is 34.8 Å². The lowest BCUT2D eigenvalue weighted by atomic mass is 10.1. The summed E-state index contributed by atoms with van der Waals surface area (Å²) < 4.78 is 35.0. The van der Waals surface area contributed by atoms with Crippen molar-refractivity contribution < 1.29 is 27.6 Å². The van der Waals surface area contributed by atoms with Crippen molar-refractivity contribution in [1.29, 1.82) is 0 Å². The zero-order valence-electron chi connectivity index (χ0n) is 17.1. The van der Waals surface area contributed by atoms with Gasteiger partial charge in [-0.3, -0.25) is 15.0 Å². The molecule has 7 nitrogen and oxygen atoms in total. The molecule has 3 rings (SSSR count). The molecule has 2 atom stereocenters. The molecule has 4 amide bonds. The van der Waals surface area contributed by atoms with E-state index in [1.165, 1.54) is 29.6 Å². The van der Waals surface area contributed by atoms with Crippen LogP contribution in [0.5, 0.6) is 0 Å². The Bertz CT molecular complexity index is 1160. The predicted molar refractivity (Wildman–Crippen MR) is 127 cm³/mol. The zero-order valence-corrected chi connectivity index (χ0v) is 20.9. The number of rotatable bonds is 5. The molecule has 4 N–H and O–H groups in total. The molecule has 0 heterocycles. The van der Waals surface area contributed by atoms with Crippen LogP contribution in [0.2, 0.25) is 15.1 Å². The van der Waals surface area contributed by atoms with Gasteiger partial charge in [0.25, 0.3) is 5.91 Å². The Morgan fingerprint density at radius 2 is 1.57 bits per heavy atom. The topological polar surface area (TPSA) is 99.3 Å². The van der Waals surface area contributed by atoms with Gasteiger partial charge in [0.15, 0.2) is 0 Å². The highest BCUT2D eigenvalue weighted by Gasteiger charge is 2.67. The number of hydrogen-bond acceptors (Lipinski definition) is 3. The quantitative estimate of drug-likeness (QED) is 0.266. The van der Waals surface area contributed by atoms with Crippen LogP contribution < -0.4 is 21.5 Å². The van der Waals surface area contributed by atoms with Gasteiger partial charge in [-0.25, -0.2) is 10.2 Å². The molecule has 2 unspecified atom stereocenters.